The maximum absolute atomic E-state index is 12.1. The zero-order valence-electron chi connectivity index (χ0n) is 9.84. The molecule has 0 aliphatic heterocycles. The molecule has 0 saturated heterocycles. The van der Waals surface area contributed by atoms with Crippen molar-refractivity contribution in [2.75, 3.05) is 6.54 Å². The second-order valence-corrected chi connectivity index (χ2v) is 4.69. The van der Waals surface area contributed by atoms with E-state index in [-0.39, 0.29) is 11.4 Å². The van der Waals surface area contributed by atoms with Crippen molar-refractivity contribution < 1.29 is 4.79 Å². The minimum Gasteiger partial charge on any atom is -0.345 e. The summed E-state index contributed by atoms with van der Waals surface area (Å²) in [6.07, 6.45) is 2.00. The second-order valence-electron chi connectivity index (χ2n) is 4.69. The monoisotopic (exact) mass is 218 g/mol. The molecule has 3 nitrogen and oxygen atoms in total. The van der Waals surface area contributed by atoms with Crippen molar-refractivity contribution in [3.05, 3.63) is 34.9 Å². The lowest BCUT2D eigenvalue weighted by atomic mass is 10.0. The molecule has 0 unspecified atom stereocenters. The Balaban J connectivity index is 2.18. The maximum Gasteiger partial charge on any atom is 0.252 e. The van der Waals surface area contributed by atoms with Gasteiger partial charge in [0.15, 0.2) is 0 Å². The van der Waals surface area contributed by atoms with Crippen LogP contribution in [0.2, 0.25) is 0 Å². The molecular formula is C13H18N2O. The van der Waals surface area contributed by atoms with Crippen LogP contribution in [0.1, 0.15) is 34.3 Å². The molecule has 0 bridgehead atoms. The average molecular weight is 218 g/mol. The Kier molecular flexibility index (Phi) is 2.72. The zero-order valence-corrected chi connectivity index (χ0v) is 9.84. The van der Waals surface area contributed by atoms with Crippen molar-refractivity contribution in [3.8, 4) is 0 Å². The third-order valence-electron chi connectivity index (χ3n) is 3.47. The molecule has 1 aromatic rings. The Labute approximate surface area is 96.0 Å². The molecule has 0 heterocycles. The molecule has 1 saturated carbocycles. The minimum absolute atomic E-state index is 0.00384. The largest absolute Gasteiger partial charge is 0.345 e. The molecule has 1 aliphatic rings. The normalized spacial score (nSPS) is 16.9. The quantitative estimate of drug-likeness (QED) is 0.808. The number of amides is 1. The first-order chi connectivity index (χ1) is 7.58. The SMILES string of the molecule is Cc1cccc(C(=O)NC2(CN)CC2)c1C. The molecule has 3 N–H and O–H groups in total. The Morgan fingerprint density at radius 1 is 1.44 bits per heavy atom. The Hall–Kier alpha value is -1.35. The molecule has 0 spiro atoms. The molecule has 16 heavy (non-hydrogen) atoms. The first kappa shape index (κ1) is 11.1. The van der Waals surface area contributed by atoms with Gasteiger partial charge in [-0.25, -0.2) is 0 Å². The van der Waals surface area contributed by atoms with E-state index < -0.39 is 0 Å². The summed E-state index contributed by atoms with van der Waals surface area (Å²) in [5.74, 6) is 0.00384. The van der Waals surface area contributed by atoms with Gasteiger partial charge in [-0.2, -0.15) is 0 Å². The van der Waals surface area contributed by atoms with E-state index in [2.05, 4.69) is 5.32 Å². The van der Waals surface area contributed by atoms with E-state index >= 15 is 0 Å². The highest BCUT2D eigenvalue weighted by molar-refractivity contribution is 5.96. The summed E-state index contributed by atoms with van der Waals surface area (Å²) in [6, 6.07) is 5.80. The van der Waals surface area contributed by atoms with Crippen molar-refractivity contribution in [1.29, 1.82) is 0 Å². The van der Waals surface area contributed by atoms with Gasteiger partial charge in [0.05, 0.1) is 5.54 Å². The van der Waals surface area contributed by atoms with Gasteiger partial charge in [-0.3, -0.25) is 4.79 Å². The molecule has 2 rings (SSSR count). The lowest BCUT2D eigenvalue weighted by Crippen LogP contribution is -2.42. The van der Waals surface area contributed by atoms with Gasteiger partial charge in [0, 0.05) is 12.1 Å². The van der Waals surface area contributed by atoms with Crippen LogP contribution in [0.3, 0.4) is 0 Å². The number of nitrogens with two attached hydrogens (primary N) is 1. The van der Waals surface area contributed by atoms with Crippen LogP contribution in [0, 0.1) is 13.8 Å². The molecule has 86 valence electrons. The van der Waals surface area contributed by atoms with Crippen LogP contribution in [0.15, 0.2) is 18.2 Å². The fraction of sp³-hybridized carbons (Fsp3) is 0.462. The number of hydrogen-bond acceptors (Lipinski definition) is 2. The summed E-state index contributed by atoms with van der Waals surface area (Å²) in [6.45, 7) is 4.53. The van der Waals surface area contributed by atoms with Crippen LogP contribution in [-0.2, 0) is 0 Å². The van der Waals surface area contributed by atoms with Crippen molar-refractivity contribution in [2.24, 2.45) is 5.73 Å². The van der Waals surface area contributed by atoms with Crippen LogP contribution in [0.5, 0.6) is 0 Å². The maximum atomic E-state index is 12.1. The van der Waals surface area contributed by atoms with E-state index in [4.69, 9.17) is 5.73 Å². The highest BCUT2D eigenvalue weighted by atomic mass is 16.1. The molecule has 0 radical (unpaired) electrons. The lowest BCUT2D eigenvalue weighted by molar-refractivity contribution is 0.0932. The van der Waals surface area contributed by atoms with Gasteiger partial charge < -0.3 is 11.1 Å². The second kappa shape index (κ2) is 3.91. The first-order valence-corrected chi connectivity index (χ1v) is 5.67. The van der Waals surface area contributed by atoms with Crippen molar-refractivity contribution in [1.82, 2.24) is 5.32 Å². The fourth-order valence-electron chi connectivity index (χ4n) is 1.84. The smallest absolute Gasteiger partial charge is 0.252 e. The number of hydrogen-bond donors (Lipinski definition) is 2. The van der Waals surface area contributed by atoms with E-state index in [1.807, 2.05) is 32.0 Å². The van der Waals surface area contributed by atoms with Gasteiger partial charge in [-0.15, -0.1) is 0 Å². The zero-order chi connectivity index (χ0) is 11.8. The molecule has 1 amide bonds. The molecule has 0 aromatic heterocycles. The van der Waals surface area contributed by atoms with Gasteiger partial charge in [0.1, 0.15) is 0 Å². The number of carbonyl (C=O) groups excluding carboxylic acids is 1. The van der Waals surface area contributed by atoms with E-state index in [0.717, 1.165) is 29.5 Å². The predicted molar refractivity (Wildman–Crippen MR) is 64.4 cm³/mol. The van der Waals surface area contributed by atoms with Crippen molar-refractivity contribution in [3.63, 3.8) is 0 Å². The van der Waals surface area contributed by atoms with Gasteiger partial charge in [-0.1, -0.05) is 12.1 Å². The molecule has 1 aromatic carbocycles. The molecule has 0 atom stereocenters. The Morgan fingerprint density at radius 2 is 2.12 bits per heavy atom. The summed E-state index contributed by atoms with van der Waals surface area (Å²) in [7, 11) is 0. The summed E-state index contributed by atoms with van der Waals surface area (Å²) in [5.41, 5.74) is 8.49. The Morgan fingerprint density at radius 3 is 2.69 bits per heavy atom. The topological polar surface area (TPSA) is 55.1 Å². The summed E-state index contributed by atoms with van der Waals surface area (Å²) < 4.78 is 0. The minimum atomic E-state index is -0.118. The van der Waals surface area contributed by atoms with Crippen LogP contribution in [0.4, 0.5) is 0 Å². The Bertz CT molecular complexity index is 422. The van der Waals surface area contributed by atoms with Crippen LogP contribution in [-0.4, -0.2) is 18.0 Å². The standard InChI is InChI=1S/C13H18N2O/c1-9-4-3-5-11(10(9)2)12(16)15-13(8-14)6-7-13/h3-5H,6-8,14H2,1-2H3,(H,15,16). The number of rotatable bonds is 3. The number of benzene rings is 1. The van der Waals surface area contributed by atoms with E-state index in [1.54, 1.807) is 0 Å². The van der Waals surface area contributed by atoms with Crippen molar-refractivity contribution in [2.45, 2.75) is 32.2 Å². The average Bonchev–Trinajstić information content (AvgIpc) is 3.02. The first-order valence-electron chi connectivity index (χ1n) is 5.67. The van der Waals surface area contributed by atoms with E-state index in [9.17, 15) is 4.79 Å². The van der Waals surface area contributed by atoms with Gasteiger partial charge >= 0.3 is 0 Å². The van der Waals surface area contributed by atoms with Gasteiger partial charge in [0.2, 0.25) is 0 Å². The molecule has 3 heteroatoms. The third-order valence-corrected chi connectivity index (χ3v) is 3.47. The number of carbonyl (C=O) groups is 1. The molecule has 1 aliphatic carbocycles. The summed E-state index contributed by atoms with van der Waals surface area (Å²) in [5, 5.41) is 3.04. The molecule has 1 fully saturated rings. The summed E-state index contributed by atoms with van der Waals surface area (Å²) in [4.78, 5) is 12.1. The van der Waals surface area contributed by atoms with E-state index in [1.165, 1.54) is 0 Å². The highest BCUT2D eigenvalue weighted by Gasteiger charge is 2.42. The summed E-state index contributed by atoms with van der Waals surface area (Å²) >= 11 is 0. The third kappa shape index (κ3) is 1.95. The highest BCUT2D eigenvalue weighted by Crippen LogP contribution is 2.34. The van der Waals surface area contributed by atoms with Gasteiger partial charge in [-0.05, 0) is 43.9 Å². The van der Waals surface area contributed by atoms with Crippen LogP contribution in [0.25, 0.3) is 0 Å². The van der Waals surface area contributed by atoms with E-state index in [0.29, 0.717) is 6.54 Å². The fourth-order valence-corrected chi connectivity index (χ4v) is 1.84. The number of nitrogens with one attached hydrogen (secondary N) is 1. The van der Waals surface area contributed by atoms with Crippen molar-refractivity contribution >= 4 is 5.91 Å². The van der Waals surface area contributed by atoms with Gasteiger partial charge in [0.25, 0.3) is 5.91 Å². The lowest BCUT2D eigenvalue weighted by Gasteiger charge is -2.16. The van der Waals surface area contributed by atoms with Crippen LogP contribution < -0.4 is 11.1 Å². The van der Waals surface area contributed by atoms with Crippen LogP contribution >= 0.6 is 0 Å². The molecular weight excluding hydrogens is 200 g/mol. The number of aryl methyl sites for hydroxylation is 1. The predicted octanol–water partition coefficient (Wildman–Crippen LogP) is 1.52.